The van der Waals surface area contributed by atoms with Crippen molar-refractivity contribution >= 4 is 16.8 Å². The Labute approximate surface area is 195 Å². The molecule has 174 valence electrons. The van der Waals surface area contributed by atoms with Gasteiger partial charge in [-0.3, -0.25) is 15.0 Å². The molecule has 0 bridgehead atoms. The summed E-state index contributed by atoms with van der Waals surface area (Å²) < 4.78 is 22.6. The predicted molar refractivity (Wildman–Crippen MR) is 128 cm³/mol. The van der Waals surface area contributed by atoms with Crippen LogP contribution < -0.4 is 29.9 Å². The molecular weight excluding hydrogens is 438 g/mol. The number of fused-ring (bicyclic) bond motifs is 1. The normalized spacial score (nSPS) is 10.6. The molecule has 9 heteroatoms. The van der Waals surface area contributed by atoms with Crippen molar-refractivity contribution in [1.82, 2.24) is 9.66 Å². The lowest BCUT2D eigenvalue weighted by Crippen LogP contribution is -2.35. The largest absolute Gasteiger partial charge is 0.497 e. The van der Waals surface area contributed by atoms with E-state index in [1.165, 1.54) is 28.4 Å². The zero-order valence-electron chi connectivity index (χ0n) is 19.1. The second-order valence-electron chi connectivity index (χ2n) is 7.18. The first-order valence-corrected chi connectivity index (χ1v) is 10.3. The monoisotopic (exact) mass is 461 g/mol. The van der Waals surface area contributed by atoms with Gasteiger partial charge in [0.25, 0.3) is 11.5 Å². The van der Waals surface area contributed by atoms with Gasteiger partial charge in [0.1, 0.15) is 5.75 Å². The third kappa shape index (κ3) is 4.11. The Hall–Kier alpha value is -4.53. The van der Waals surface area contributed by atoms with Crippen LogP contribution in [-0.4, -0.2) is 44.0 Å². The van der Waals surface area contributed by atoms with Crippen LogP contribution in [0.1, 0.15) is 10.4 Å². The lowest BCUT2D eigenvalue weighted by Gasteiger charge is -2.17. The molecule has 1 N–H and O–H groups in total. The van der Waals surface area contributed by atoms with E-state index in [1.54, 1.807) is 60.7 Å². The fourth-order valence-corrected chi connectivity index (χ4v) is 3.57. The van der Waals surface area contributed by atoms with Gasteiger partial charge in [0.15, 0.2) is 17.3 Å². The molecule has 0 spiro atoms. The number of carbonyl (C=O) groups excluding carboxylic acids is 1. The number of carbonyl (C=O) groups is 1. The summed E-state index contributed by atoms with van der Waals surface area (Å²) in [4.78, 5) is 31.2. The fourth-order valence-electron chi connectivity index (χ4n) is 3.57. The second kappa shape index (κ2) is 9.53. The minimum Gasteiger partial charge on any atom is -0.497 e. The molecule has 0 aliphatic carbocycles. The zero-order valence-corrected chi connectivity index (χ0v) is 19.1. The first-order valence-electron chi connectivity index (χ1n) is 10.3. The van der Waals surface area contributed by atoms with E-state index in [9.17, 15) is 9.59 Å². The molecule has 0 fully saturated rings. The maximum atomic E-state index is 13.4. The number of benzene rings is 3. The summed E-state index contributed by atoms with van der Waals surface area (Å²) >= 11 is 0. The van der Waals surface area contributed by atoms with Crippen LogP contribution in [0.2, 0.25) is 0 Å². The third-order valence-electron chi connectivity index (χ3n) is 5.24. The quantitative estimate of drug-likeness (QED) is 0.450. The first-order chi connectivity index (χ1) is 16.5. The maximum absolute atomic E-state index is 13.4. The Morgan fingerprint density at radius 1 is 0.853 bits per heavy atom. The molecule has 9 nitrogen and oxygen atoms in total. The molecule has 4 rings (SSSR count). The van der Waals surface area contributed by atoms with Crippen LogP contribution in [0.4, 0.5) is 0 Å². The van der Waals surface area contributed by atoms with Crippen LogP contribution in [-0.2, 0) is 0 Å². The molecule has 0 aliphatic rings. The number of para-hydroxylation sites is 1. The Kier molecular flexibility index (Phi) is 6.35. The number of nitrogens with zero attached hydrogens (tertiary/aromatic N) is 2. The average molecular weight is 461 g/mol. The second-order valence-corrected chi connectivity index (χ2v) is 7.18. The van der Waals surface area contributed by atoms with Crippen molar-refractivity contribution in [2.24, 2.45) is 0 Å². The number of nitrogens with one attached hydrogen (secondary N) is 1. The lowest BCUT2D eigenvalue weighted by atomic mass is 10.1. The minimum atomic E-state index is -0.508. The number of amides is 1. The summed E-state index contributed by atoms with van der Waals surface area (Å²) in [6.07, 6.45) is 0. The van der Waals surface area contributed by atoms with Gasteiger partial charge in [0.05, 0.1) is 39.3 Å². The van der Waals surface area contributed by atoms with Crippen LogP contribution >= 0.6 is 0 Å². The molecule has 0 saturated carbocycles. The molecular formula is C25H23N3O6. The van der Waals surface area contributed by atoms with Crippen LogP contribution in [0.5, 0.6) is 23.0 Å². The van der Waals surface area contributed by atoms with Crippen molar-refractivity contribution < 1.29 is 23.7 Å². The molecule has 0 atom stereocenters. The average Bonchev–Trinajstić information content (AvgIpc) is 2.89. The topological polar surface area (TPSA) is 101 Å². The van der Waals surface area contributed by atoms with Gasteiger partial charge in [-0.25, -0.2) is 4.98 Å². The summed E-state index contributed by atoms with van der Waals surface area (Å²) in [5.74, 6) is 1.35. The number of hydrogen-bond donors (Lipinski definition) is 1. The molecule has 0 saturated heterocycles. The highest BCUT2D eigenvalue weighted by Crippen LogP contribution is 2.40. The molecule has 1 heterocycles. The summed E-state index contributed by atoms with van der Waals surface area (Å²) in [5.41, 5.74) is 3.50. The molecule has 3 aromatic carbocycles. The van der Waals surface area contributed by atoms with Gasteiger partial charge in [-0.15, -0.1) is 0 Å². The van der Waals surface area contributed by atoms with Gasteiger partial charge < -0.3 is 18.9 Å². The Balaban J connectivity index is 1.93. The molecule has 0 unspecified atom stereocenters. The number of methoxy groups -OCH3 is 4. The molecule has 0 aliphatic heterocycles. The van der Waals surface area contributed by atoms with Crippen molar-refractivity contribution in [3.63, 3.8) is 0 Å². The molecule has 1 aromatic heterocycles. The van der Waals surface area contributed by atoms with E-state index in [4.69, 9.17) is 18.9 Å². The van der Waals surface area contributed by atoms with E-state index < -0.39 is 11.5 Å². The van der Waals surface area contributed by atoms with Crippen molar-refractivity contribution in [2.45, 2.75) is 0 Å². The van der Waals surface area contributed by atoms with Crippen molar-refractivity contribution in [1.29, 1.82) is 0 Å². The highest BCUT2D eigenvalue weighted by atomic mass is 16.5. The number of aromatic nitrogens is 2. The van der Waals surface area contributed by atoms with Crippen LogP contribution in [0.15, 0.2) is 65.5 Å². The SMILES string of the molecule is COc1cccc(C(=O)Nn2c(-c3cc(OC)c(OC)c(OC)c3)nc3ccccc3c2=O)c1. The van der Waals surface area contributed by atoms with E-state index in [-0.39, 0.29) is 5.82 Å². The first kappa shape index (κ1) is 22.7. The van der Waals surface area contributed by atoms with Crippen LogP contribution in [0, 0.1) is 0 Å². The van der Waals surface area contributed by atoms with Gasteiger partial charge in [0.2, 0.25) is 5.75 Å². The van der Waals surface area contributed by atoms with Crippen molar-refractivity contribution in [2.75, 3.05) is 33.9 Å². The van der Waals surface area contributed by atoms with E-state index in [1.807, 2.05) is 0 Å². The van der Waals surface area contributed by atoms with E-state index >= 15 is 0 Å². The van der Waals surface area contributed by atoms with Crippen molar-refractivity contribution in [3.8, 4) is 34.4 Å². The summed E-state index contributed by atoms with van der Waals surface area (Å²) in [6, 6.07) is 16.8. The van der Waals surface area contributed by atoms with Gasteiger partial charge in [0, 0.05) is 11.1 Å². The molecule has 0 radical (unpaired) electrons. The Morgan fingerprint density at radius 3 is 2.21 bits per heavy atom. The molecule has 4 aromatic rings. The zero-order chi connectivity index (χ0) is 24.2. The number of hydrogen-bond acceptors (Lipinski definition) is 7. The van der Waals surface area contributed by atoms with E-state index in [0.29, 0.717) is 45.0 Å². The minimum absolute atomic E-state index is 0.194. The standard InChI is InChI=1S/C25H23N3O6/c1-31-17-9-7-8-15(12-17)24(29)27-28-23(26-19-11-6-5-10-18(19)25(28)30)16-13-20(32-2)22(34-4)21(14-16)33-3/h5-14H,1-4H3,(H,27,29). The van der Waals surface area contributed by atoms with Gasteiger partial charge in [-0.2, -0.15) is 4.68 Å². The lowest BCUT2D eigenvalue weighted by molar-refractivity contribution is 0.101. The van der Waals surface area contributed by atoms with Crippen molar-refractivity contribution in [3.05, 3.63) is 76.6 Å². The van der Waals surface area contributed by atoms with E-state index in [0.717, 1.165) is 4.68 Å². The summed E-state index contributed by atoms with van der Waals surface area (Å²) in [6.45, 7) is 0. The van der Waals surface area contributed by atoms with Gasteiger partial charge >= 0.3 is 0 Å². The fraction of sp³-hybridized carbons (Fsp3) is 0.160. The molecule has 1 amide bonds. The molecule has 34 heavy (non-hydrogen) atoms. The summed E-state index contributed by atoms with van der Waals surface area (Å²) in [7, 11) is 6.00. The highest BCUT2D eigenvalue weighted by Gasteiger charge is 2.20. The van der Waals surface area contributed by atoms with Gasteiger partial charge in [-0.05, 0) is 42.5 Å². The maximum Gasteiger partial charge on any atom is 0.280 e. The number of rotatable bonds is 7. The third-order valence-corrected chi connectivity index (χ3v) is 5.24. The Morgan fingerprint density at radius 2 is 1.56 bits per heavy atom. The van der Waals surface area contributed by atoms with E-state index in [2.05, 4.69) is 10.4 Å². The Bertz CT molecular complexity index is 1410. The van der Waals surface area contributed by atoms with Crippen LogP contribution in [0.25, 0.3) is 22.3 Å². The van der Waals surface area contributed by atoms with Crippen LogP contribution in [0.3, 0.4) is 0 Å². The highest BCUT2D eigenvalue weighted by molar-refractivity contribution is 6.00. The van der Waals surface area contributed by atoms with Gasteiger partial charge in [-0.1, -0.05) is 18.2 Å². The number of ether oxygens (including phenoxy) is 4. The summed E-state index contributed by atoms with van der Waals surface area (Å²) in [5, 5.41) is 0.352. The smallest absolute Gasteiger partial charge is 0.280 e. The predicted octanol–water partition coefficient (Wildman–Crippen LogP) is 3.48.